The van der Waals surface area contributed by atoms with Gasteiger partial charge in [0.1, 0.15) is 23.4 Å². The number of fused-ring (bicyclic) bond motifs is 3. The van der Waals surface area contributed by atoms with E-state index >= 15 is 0 Å². The molecule has 4 aromatic rings. The molecule has 0 radical (unpaired) electrons. The third-order valence-corrected chi connectivity index (χ3v) is 7.74. The first-order valence-electron chi connectivity index (χ1n) is 12.8. The highest BCUT2D eigenvalue weighted by Crippen LogP contribution is 2.40. The van der Waals surface area contributed by atoms with Crippen LogP contribution in [0, 0.1) is 11.2 Å². The molecule has 1 aromatic heterocycles. The molecule has 1 aliphatic rings. The van der Waals surface area contributed by atoms with Gasteiger partial charge in [-0.25, -0.2) is 9.18 Å². The molecule has 0 saturated heterocycles. The van der Waals surface area contributed by atoms with Crippen LogP contribution in [0.15, 0.2) is 66.7 Å². The summed E-state index contributed by atoms with van der Waals surface area (Å²) in [5.41, 5.74) is 3.00. The van der Waals surface area contributed by atoms with Crippen molar-refractivity contribution in [2.45, 2.75) is 25.8 Å². The molecule has 1 unspecified atom stereocenters. The minimum Gasteiger partial charge on any atom is -0.493 e. The Labute approximate surface area is 230 Å². The van der Waals surface area contributed by atoms with Crippen LogP contribution in [0.4, 0.5) is 9.18 Å². The van der Waals surface area contributed by atoms with Crippen LogP contribution >= 0.6 is 11.6 Å². The first-order valence-corrected chi connectivity index (χ1v) is 13.2. The number of H-pyrrole nitrogens is 1. The van der Waals surface area contributed by atoms with Crippen molar-refractivity contribution in [1.29, 1.82) is 0 Å². The Morgan fingerprint density at radius 2 is 1.77 bits per heavy atom. The summed E-state index contributed by atoms with van der Waals surface area (Å²) >= 11 is 6.29. The largest absolute Gasteiger partial charge is 0.493 e. The number of aromatic nitrogens is 1. The predicted octanol–water partition coefficient (Wildman–Crippen LogP) is 5.87. The van der Waals surface area contributed by atoms with Crippen LogP contribution in [0.3, 0.4) is 0 Å². The second-order valence-electron chi connectivity index (χ2n) is 9.90. The summed E-state index contributed by atoms with van der Waals surface area (Å²) in [6.45, 7) is 2.10. The molecule has 1 atom stereocenters. The second kappa shape index (κ2) is 11.3. The molecule has 0 spiro atoms. The topological polar surface area (TPSA) is 95.0 Å². The number of hydrogen-bond donors (Lipinski definition) is 3. The first kappa shape index (κ1) is 27.0. The number of rotatable bonds is 8. The number of aliphatic hydroxyl groups excluding tert-OH is 2. The molecule has 1 aliphatic heterocycles. The molecule has 9 heteroatoms. The molecule has 39 heavy (non-hydrogen) atoms. The number of nitrogens with one attached hydrogen (secondary N) is 1. The molecule has 204 valence electrons. The van der Waals surface area contributed by atoms with Crippen molar-refractivity contribution >= 4 is 28.6 Å². The van der Waals surface area contributed by atoms with Gasteiger partial charge >= 0.3 is 6.09 Å². The second-order valence-corrected chi connectivity index (χ2v) is 10.3. The molecule has 3 aromatic carbocycles. The van der Waals surface area contributed by atoms with Crippen molar-refractivity contribution in [2.24, 2.45) is 5.41 Å². The SMILES string of the molecule is CCC(CO)(CO)COc1ccc(C2c3[nH]c4ccc(Cl)cc4c3CCN2C(=O)Oc2ccc(F)cc2)cc1. The van der Waals surface area contributed by atoms with Crippen molar-refractivity contribution in [1.82, 2.24) is 9.88 Å². The third-order valence-electron chi connectivity index (χ3n) is 7.50. The Balaban J connectivity index is 1.47. The summed E-state index contributed by atoms with van der Waals surface area (Å²) in [7, 11) is 0. The van der Waals surface area contributed by atoms with Crippen LogP contribution in [-0.4, -0.2) is 52.6 Å². The number of aliphatic hydroxyl groups is 2. The zero-order chi connectivity index (χ0) is 27.6. The van der Waals surface area contributed by atoms with Gasteiger partial charge < -0.3 is 24.7 Å². The van der Waals surface area contributed by atoms with Crippen LogP contribution in [0.2, 0.25) is 5.02 Å². The first-order chi connectivity index (χ1) is 18.9. The molecular weight excluding hydrogens is 523 g/mol. The van der Waals surface area contributed by atoms with Gasteiger partial charge in [0.05, 0.1) is 25.2 Å². The summed E-state index contributed by atoms with van der Waals surface area (Å²) in [5, 5.41) is 21.1. The van der Waals surface area contributed by atoms with Gasteiger partial charge in [0.2, 0.25) is 0 Å². The zero-order valence-electron chi connectivity index (χ0n) is 21.5. The summed E-state index contributed by atoms with van der Waals surface area (Å²) in [5.74, 6) is 0.423. The fraction of sp³-hybridized carbons (Fsp3) is 0.300. The van der Waals surface area contributed by atoms with E-state index in [9.17, 15) is 19.4 Å². The van der Waals surface area contributed by atoms with E-state index in [0.717, 1.165) is 27.7 Å². The van der Waals surface area contributed by atoms with Gasteiger partial charge in [-0.3, -0.25) is 4.90 Å². The van der Waals surface area contributed by atoms with Crippen molar-refractivity contribution < 1.29 is 28.9 Å². The van der Waals surface area contributed by atoms with E-state index in [4.69, 9.17) is 21.1 Å². The lowest BCUT2D eigenvalue weighted by Crippen LogP contribution is -2.42. The molecule has 1 amide bonds. The van der Waals surface area contributed by atoms with E-state index in [0.29, 0.717) is 30.2 Å². The Hall–Kier alpha value is -3.59. The molecule has 0 saturated carbocycles. The van der Waals surface area contributed by atoms with Crippen molar-refractivity contribution in [3.63, 3.8) is 0 Å². The fourth-order valence-corrected chi connectivity index (χ4v) is 5.09. The third kappa shape index (κ3) is 5.45. The smallest absolute Gasteiger partial charge is 0.416 e. The average molecular weight is 553 g/mol. The molecule has 7 nitrogen and oxygen atoms in total. The van der Waals surface area contributed by atoms with E-state index in [2.05, 4.69) is 4.98 Å². The number of ether oxygens (including phenoxy) is 2. The van der Waals surface area contributed by atoms with Crippen LogP contribution in [0.5, 0.6) is 11.5 Å². The van der Waals surface area contributed by atoms with Crippen LogP contribution in [-0.2, 0) is 6.42 Å². The van der Waals surface area contributed by atoms with E-state index in [1.807, 2.05) is 49.4 Å². The number of aromatic amines is 1. The maximum absolute atomic E-state index is 13.4. The van der Waals surface area contributed by atoms with Gasteiger partial charge in [0.25, 0.3) is 0 Å². The Morgan fingerprint density at radius 1 is 1.08 bits per heavy atom. The highest BCUT2D eigenvalue weighted by atomic mass is 35.5. The van der Waals surface area contributed by atoms with Crippen molar-refractivity contribution in [3.05, 3.63) is 94.4 Å². The van der Waals surface area contributed by atoms with Crippen molar-refractivity contribution in [2.75, 3.05) is 26.4 Å². The lowest BCUT2D eigenvalue weighted by atomic mass is 9.88. The van der Waals surface area contributed by atoms with Gasteiger partial charge in [0.15, 0.2) is 0 Å². The van der Waals surface area contributed by atoms with E-state index in [1.54, 1.807) is 4.90 Å². The minimum atomic E-state index is -0.719. The number of halogens is 2. The summed E-state index contributed by atoms with van der Waals surface area (Å²) < 4.78 is 24.9. The number of carbonyl (C=O) groups is 1. The maximum atomic E-state index is 13.4. The molecule has 0 bridgehead atoms. The standard InChI is InChI=1S/C30H30ClFN2O5/c1-2-30(16-35,17-36)18-38-22-8-3-19(4-9-22)28-27-24(25-15-20(31)5-12-26(25)33-27)13-14-34(28)29(37)39-23-10-6-21(32)7-11-23/h3-12,15,28,33,35-36H,2,13-14,16-18H2,1H3. The molecule has 5 rings (SSSR count). The Bertz CT molecular complexity index is 1440. The highest BCUT2D eigenvalue weighted by molar-refractivity contribution is 6.31. The lowest BCUT2D eigenvalue weighted by Gasteiger charge is -2.35. The number of amides is 1. The highest BCUT2D eigenvalue weighted by Gasteiger charge is 2.36. The van der Waals surface area contributed by atoms with E-state index in [1.165, 1.54) is 24.3 Å². The van der Waals surface area contributed by atoms with E-state index in [-0.39, 0.29) is 25.6 Å². The summed E-state index contributed by atoms with van der Waals surface area (Å²) in [4.78, 5) is 18.5. The molecule has 3 N–H and O–H groups in total. The lowest BCUT2D eigenvalue weighted by molar-refractivity contribution is 0.0114. The Morgan fingerprint density at radius 3 is 2.44 bits per heavy atom. The van der Waals surface area contributed by atoms with Crippen molar-refractivity contribution in [3.8, 4) is 11.5 Å². The fourth-order valence-electron chi connectivity index (χ4n) is 4.92. The number of nitrogens with zero attached hydrogens (tertiary/aromatic N) is 1. The van der Waals surface area contributed by atoms with Gasteiger partial charge in [-0.15, -0.1) is 0 Å². The van der Waals surface area contributed by atoms with E-state index < -0.39 is 23.4 Å². The zero-order valence-corrected chi connectivity index (χ0v) is 22.2. The number of hydrogen-bond acceptors (Lipinski definition) is 5. The summed E-state index contributed by atoms with van der Waals surface area (Å²) in [6.07, 6.45) is 0.624. The molecule has 0 fully saturated rings. The maximum Gasteiger partial charge on any atom is 0.416 e. The van der Waals surface area contributed by atoms with Gasteiger partial charge in [0, 0.05) is 28.2 Å². The Kier molecular flexibility index (Phi) is 7.79. The van der Waals surface area contributed by atoms with Gasteiger partial charge in [-0.05, 0) is 78.6 Å². The number of benzene rings is 3. The quantitative estimate of drug-likeness (QED) is 0.254. The normalized spacial score (nSPS) is 15.3. The van der Waals surface area contributed by atoms with Crippen LogP contribution < -0.4 is 9.47 Å². The van der Waals surface area contributed by atoms with Gasteiger partial charge in [-0.2, -0.15) is 0 Å². The number of carbonyl (C=O) groups excluding carboxylic acids is 1. The van der Waals surface area contributed by atoms with Gasteiger partial charge in [-0.1, -0.05) is 30.7 Å². The molecule has 0 aliphatic carbocycles. The summed E-state index contributed by atoms with van der Waals surface area (Å²) in [6, 6.07) is 17.9. The minimum absolute atomic E-state index is 0.169. The predicted molar refractivity (Wildman–Crippen MR) is 147 cm³/mol. The van der Waals surface area contributed by atoms with Crippen LogP contribution in [0.1, 0.15) is 36.2 Å². The van der Waals surface area contributed by atoms with Crippen LogP contribution in [0.25, 0.3) is 10.9 Å². The molecular formula is C30H30ClFN2O5. The molecule has 2 heterocycles. The average Bonchev–Trinajstić information content (AvgIpc) is 3.33. The monoisotopic (exact) mass is 552 g/mol.